The van der Waals surface area contributed by atoms with Crippen molar-refractivity contribution < 1.29 is 36.9 Å². The Balaban J connectivity index is 1.60. The van der Waals surface area contributed by atoms with Crippen LogP contribution >= 0.6 is 15.9 Å². The smallest absolute Gasteiger partial charge is 0.416 e. The highest BCUT2D eigenvalue weighted by molar-refractivity contribution is 9.10. The van der Waals surface area contributed by atoms with E-state index in [1.165, 1.54) is 0 Å². The first-order chi connectivity index (χ1) is 23.0. The number of hydrogen-bond donors (Lipinski definition) is 2. The number of aliphatic hydroxyl groups excluding tert-OH is 1. The molecule has 0 fully saturated rings. The second-order valence-electron chi connectivity index (χ2n) is 10.9. The number of amides is 1. The molecule has 0 spiro atoms. The fourth-order valence-corrected chi connectivity index (χ4v) is 5.53. The molecule has 48 heavy (non-hydrogen) atoms. The van der Waals surface area contributed by atoms with Gasteiger partial charge in [0.25, 0.3) is 5.91 Å². The summed E-state index contributed by atoms with van der Waals surface area (Å²) in [6.07, 6.45) is -5.54. The van der Waals surface area contributed by atoms with Gasteiger partial charge in [-0.05, 0) is 76.8 Å². The van der Waals surface area contributed by atoms with Crippen molar-refractivity contribution in [3.63, 3.8) is 0 Å². The third-order valence-corrected chi connectivity index (χ3v) is 8.07. The number of azide groups is 1. The predicted molar refractivity (Wildman–Crippen MR) is 173 cm³/mol. The third-order valence-electron chi connectivity index (χ3n) is 7.54. The fourth-order valence-electron chi connectivity index (χ4n) is 5.27. The zero-order chi connectivity index (χ0) is 34.3. The number of nitrogens with one attached hydrogen (secondary N) is 1. The van der Waals surface area contributed by atoms with Crippen LogP contribution in [0.15, 0.2) is 106 Å². The van der Waals surface area contributed by atoms with Gasteiger partial charge in [-0.2, -0.15) is 13.2 Å². The van der Waals surface area contributed by atoms with Gasteiger partial charge in [0, 0.05) is 46.6 Å². The molecule has 0 unspecified atom stereocenters. The second kappa shape index (κ2) is 14.9. The normalized spacial score (nSPS) is 17.2. The van der Waals surface area contributed by atoms with Crippen molar-refractivity contribution >= 4 is 33.4 Å². The number of carbonyl (C=O) groups is 1. The summed E-state index contributed by atoms with van der Waals surface area (Å²) < 4.78 is 67.3. The Kier molecular flexibility index (Phi) is 10.7. The molecule has 1 amide bonds. The summed E-state index contributed by atoms with van der Waals surface area (Å²) in [4.78, 5) is 22.2. The fraction of sp³-hybridized carbons (Fsp3) is 0.235. The van der Waals surface area contributed by atoms with Crippen LogP contribution in [0.2, 0.25) is 0 Å². The number of aliphatic imine (C=N–C) groups is 1. The number of nitrogens with zero attached hydrogens (tertiary/aromatic N) is 4. The van der Waals surface area contributed by atoms with Crippen LogP contribution in [0.3, 0.4) is 0 Å². The maximum Gasteiger partial charge on any atom is 0.416 e. The summed E-state index contributed by atoms with van der Waals surface area (Å²) >= 11 is 3.41. The number of rotatable bonds is 12. The van der Waals surface area contributed by atoms with Gasteiger partial charge in [-0.3, -0.25) is 4.79 Å². The molecule has 5 rings (SSSR count). The minimum absolute atomic E-state index is 0.0180. The maximum atomic E-state index is 14.4. The second-order valence-corrected chi connectivity index (χ2v) is 11.8. The van der Waals surface area contributed by atoms with E-state index >= 15 is 0 Å². The molecular weight excluding hydrogens is 698 g/mol. The number of carbonyl (C=O) groups excluding carboxylic acids is 1. The summed E-state index contributed by atoms with van der Waals surface area (Å²) in [7, 11) is 0. The molecule has 14 heteroatoms. The Hall–Kier alpha value is -4.91. The van der Waals surface area contributed by atoms with Crippen molar-refractivity contribution in [1.29, 1.82) is 0 Å². The lowest BCUT2D eigenvalue weighted by molar-refractivity contribution is -0.137. The van der Waals surface area contributed by atoms with Gasteiger partial charge in [0.05, 0.1) is 12.2 Å². The molecule has 1 heterocycles. The molecule has 2 atom stereocenters. The van der Waals surface area contributed by atoms with Crippen molar-refractivity contribution in [2.75, 3.05) is 13.2 Å². The minimum atomic E-state index is -4.79. The first kappa shape index (κ1) is 34.4. The highest BCUT2D eigenvalue weighted by Gasteiger charge is 2.53. The Labute approximate surface area is 281 Å². The standard InChI is InChI=1S/C34H28BrF4N5O4/c35-26-10-6-22(7-11-26)30-33(19-24-4-1-2-5-29(24)43-44-40,32(46)41-20-21-16-25(34(37,38)39)18-27(36)17-21)42-31(48-30)23-8-12-28(13-9-23)47-15-3-14-45/h1-2,4-13,16-18,30,45H,3,14-15,19-20H2,(H,41,46)/t30-,33-/m1/s1. The molecule has 0 saturated carbocycles. The lowest BCUT2D eigenvalue weighted by Crippen LogP contribution is -2.49. The van der Waals surface area contributed by atoms with Crippen molar-refractivity contribution in [3.05, 3.63) is 140 Å². The van der Waals surface area contributed by atoms with Crippen LogP contribution in [0.1, 0.15) is 40.3 Å². The van der Waals surface area contributed by atoms with E-state index in [-0.39, 0.29) is 30.2 Å². The van der Waals surface area contributed by atoms with Gasteiger partial charge in [0.15, 0.2) is 11.6 Å². The minimum Gasteiger partial charge on any atom is -0.494 e. The molecular formula is C34H28BrF4N5O4. The van der Waals surface area contributed by atoms with Crippen LogP contribution in [0.4, 0.5) is 23.2 Å². The Morgan fingerprint density at radius 3 is 2.50 bits per heavy atom. The number of alkyl halides is 3. The van der Waals surface area contributed by atoms with Crippen LogP contribution in [0, 0.1) is 5.82 Å². The molecule has 0 aliphatic carbocycles. The van der Waals surface area contributed by atoms with Crippen LogP contribution in [0.25, 0.3) is 10.4 Å². The van der Waals surface area contributed by atoms with E-state index in [9.17, 15) is 27.9 Å². The monoisotopic (exact) mass is 725 g/mol. The molecule has 248 valence electrons. The number of hydrogen-bond acceptors (Lipinski definition) is 6. The number of halogens is 5. The SMILES string of the molecule is [N-]=[N+]=Nc1ccccc1C[C@@]1(C(=O)NCc2cc(F)cc(C(F)(F)F)c2)N=C(c2ccc(OCCCO)cc2)O[C@@H]1c1ccc(Br)cc1. The van der Waals surface area contributed by atoms with E-state index in [4.69, 9.17) is 19.6 Å². The van der Waals surface area contributed by atoms with Crippen molar-refractivity contribution in [2.24, 2.45) is 10.1 Å². The van der Waals surface area contributed by atoms with Gasteiger partial charge >= 0.3 is 6.18 Å². The zero-order valence-electron chi connectivity index (χ0n) is 25.1. The van der Waals surface area contributed by atoms with Gasteiger partial charge in [-0.25, -0.2) is 9.38 Å². The Bertz CT molecular complexity index is 1850. The molecule has 0 saturated heterocycles. The van der Waals surface area contributed by atoms with Gasteiger partial charge in [-0.15, -0.1) is 0 Å². The predicted octanol–water partition coefficient (Wildman–Crippen LogP) is 8.13. The van der Waals surface area contributed by atoms with Gasteiger partial charge in [0.1, 0.15) is 11.6 Å². The highest BCUT2D eigenvalue weighted by Crippen LogP contribution is 2.44. The van der Waals surface area contributed by atoms with Crippen LogP contribution < -0.4 is 10.1 Å². The van der Waals surface area contributed by atoms with Gasteiger partial charge in [-0.1, -0.05) is 57.4 Å². The lowest BCUT2D eigenvalue weighted by atomic mass is 9.81. The van der Waals surface area contributed by atoms with Gasteiger partial charge in [0.2, 0.25) is 5.90 Å². The molecule has 0 bridgehead atoms. The molecule has 4 aromatic carbocycles. The Morgan fingerprint density at radius 2 is 1.81 bits per heavy atom. The van der Waals surface area contributed by atoms with E-state index in [0.717, 1.165) is 16.6 Å². The van der Waals surface area contributed by atoms with E-state index < -0.39 is 41.7 Å². The molecule has 0 radical (unpaired) electrons. The first-order valence-electron chi connectivity index (χ1n) is 14.7. The van der Waals surface area contributed by atoms with Crippen molar-refractivity contribution in [2.45, 2.75) is 37.2 Å². The van der Waals surface area contributed by atoms with Crippen LogP contribution in [0.5, 0.6) is 5.75 Å². The first-order valence-corrected chi connectivity index (χ1v) is 15.5. The topological polar surface area (TPSA) is 129 Å². The lowest BCUT2D eigenvalue weighted by Gasteiger charge is -2.31. The van der Waals surface area contributed by atoms with Gasteiger partial charge < -0.3 is 19.9 Å². The largest absolute Gasteiger partial charge is 0.494 e. The summed E-state index contributed by atoms with van der Waals surface area (Å²) in [6, 6.07) is 22.5. The van der Waals surface area contributed by atoms with E-state index in [2.05, 4.69) is 31.3 Å². The zero-order valence-corrected chi connectivity index (χ0v) is 26.7. The average molecular weight is 727 g/mol. The third kappa shape index (κ3) is 7.96. The van der Waals surface area contributed by atoms with Crippen LogP contribution in [-0.2, 0) is 28.7 Å². The molecule has 9 nitrogen and oxygen atoms in total. The number of ether oxygens (including phenoxy) is 2. The summed E-state index contributed by atoms with van der Waals surface area (Å²) in [6.45, 7) is -0.157. The van der Waals surface area contributed by atoms with Crippen molar-refractivity contribution in [1.82, 2.24) is 5.32 Å². The van der Waals surface area contributed by atoms with E-state index in [1.807, 2.05) is 0 Å². The van der Waals surface area contributed by atoms with E-state index in [0.29, 0.717) is 41.5 Å². The number of aliphatic hydroxyl groups is 1. The number of benzene rings is 4. The highest BCUT2D eigenvalue weighted by atomic mass is 79.9. The molecule has 4 aromatic rings. The summed E-state index contributed by atoms with van der Waals surface area (Å²) in [5, 5.41) is 15.5. The van der Waals surface area contributed by atoms with Crippen LogP contribution in [-0.4, -0.2) is 35.7 Å². The maximum absolute atomic E-state index is 14.4. The quantitative estimate of drug-likeness (QED) is 0.0502. The summed E-state index contributed by atoms with van der Waals surface area (Å²) in [5.41, 5.74) is 7.90. The molecule has 2 N–H and O–H groups in total. The van der Waals surface area contributed by atoms with Crippen molar-refractivity contribution in [3.8, 4) is 5.75 Å². The molecule has 1 aliphatic rings. The van der Waals surface area contributed by atoms with E-state index in [1.54, 1.807) is 72.8 Å². The summed E-state index contributed by atoms with van der Waals surface area (Å²) in [5.74, 6) is -1.18. The average Bonchev–Trinajstić information content (AvgIpc) is 3.45. The Morgan fingerprint density at radius 1 is 1.08 bits per heavy atom. The molecule has 1 aliphatic heterocycles. The molecule has 0 aromatic heterocycles.